The normalized spacial score (nSPS) is 31.8. The number of hydrogen-bond acceptors (Lipinski definition) is 1. The van der Waals surface area contributed by atoms with Crippen molar-refractivity contribution >= 4 is 11.8 Å². The van der Waals surface area contributed by atoms with Crippen molar-refractivity contribution in [1.82, 2.24) is 0 Å². The first-order valence-electron chi connectivity index (χ1n) is 3.56. The van der Waals surface area contributed by atoms with E-state index in [-0.39, 0.29) is 32.7 Å². The molecule has 1 heterocycles. The summed E-state index contributed by atoms with van der Waals surface area (Å²) in [4.78, 5) is 0. The first-order valence-corrected chi connectivity index (χ1v) is 4.85. The fraction of sp³-hybridized carbons (Fsp3) is 1.00. The molecule has 2 atom stereocenters. The van der Waals surface area contributed by atoms with E-state index in [0.29, 0.717) is 6.04 Å². The van der Waals surface area contributed by atoms with Crippen LogP contribution in [0, 0.1) is 0 Å². The summed E-state index contributed by atoms with van der Waals surface area (Å²) >= 11 is 1.96. The van der Waals surface area contributed by atoms with Gasteiger partial charge in [-0.15, -0.1) is 12.6 Å². The molecule has 54 valence electrons. The molecular weight excluding hydrogens is 219 g/mol. The van der Waals surface area contributed by atoms with Crippen LogP contribution >= 0.6 is 11.8 Å². The summed E-state index contributed by atoms with van der Waals surface area (Å²) in [6.07, 6.45) is 4.73. The second kappa shape index (κ2) is 5.99. The molecule has 0 aromatic heterocycles. The molecular formula is C7H14NSY+2. The van der Waals surface area contributed by atoms with Gasteiger partial charge >= 0.3 is 32.7 Å². The predicted molar refractivity (Wildman–Crippen MR) is 44.2 cm³/mol. The maximum absolute atomic E-state index is 4.49. The molecule has 1 nitrogen and oxygen atoms in total. The molecule has 2 unspecified atom stereocenters. The van der Waals surface area contributed by atoms with E-state index in [1.54, 1.807) is 0 Å². The van der Waals surface area contributed by atoms with E-state index in [4.69, 9.17) is 0 Å². The van der Waals surface area contributed by atoms with Crippen LogP contribution in [0.2, 0.25) is 0 Å². The van der Waals surface area contributed by atoms with Crippen LogP contribution in [0.4, 0.5) is 0 Å². The molecule has 0 aromatic rings. The van der Waals surface area contributed by atoms with Gasteiger partial charge in [-0.3, -0.25) is 0 Å². The van der Waals surface area contributed by atoms with E-state index < -0.39 is 0 Å². The summed E-state index contributed by atoms with van der Waals surface area (Å²) in [5.41, 5.74) is 0. The molecule has 3 heteroatoms. The molecule has 0 bridgehead atoms. The first kappa shape index (κ1) is 11.4. The van der Waals surface area contributed by atoms with Crippen LogP contribution in [0.15, 0.2) is 0 Å². The second-order valence-corrected chi connectivity index (χ2v) is 3.66. The number of thioether (sulfide) groups is 1. The van der Waals surface area contributed by atoms with Crippen molar-refractivity contribution in [2.75, 3.05) is 12.8 Å². The van der Waals surface area contributed by atoms with E-state index >= 15 is 0 Å². The monoisotopic (exact) mass is 233 g/mol. The van der Waals surface area contributed by atoms with Crippen LogP contribution < -0.4 is 0 Å². The smallest absolute Gasteiger partial charge is 0.659 e. The summed E-state index contributed by atoms with van der Waals surface area (Å²) in [7, 11) is 0. The van der Waals surface area contributed by atoms with Crippen molar-refractivity contribution in [2.45, 2.75) is 31.1 Å². The molecule has 0 amide bonds. The Kier molecular flexibility index (Phi) is 6.84. The van der Waals surface area contributed by atoms with Crippen LogP contribution in [-0.4, -0.2) is 24.1 Å². The molecule has 0 saturated carbocycles. The standard InChI is InChI=1S/C7H14NS.Y/c1-3-6-4-7(9-2)5-8-6;/h6-7H,3-5H2,1-2H3;/q-1;+3. The maximum atomic E-state index is 4.49. The summed E-state index contributed by atoms with van der Waals surface area (Å²) < 4.78 is 0. The molecule has 1 aliphatic rings. The van der Waals surface area contributed by atoms with E-state index in [1.165, 1.54) is 12.8 Å². The number of nitrogens with zero attached hydrogens (tertiary/aromatic N) is 1. The predicted octanol–water partition coefficient (Wildman–Crippen LogP) is 2.27. The topological polar surface area (TPSA) is 14.1 Å². The molecule has 0 spiro atoms. The fourth-order valence-electron chi connectivity index (χ4n) is 1.19. The molecule has 0 N–H and O–H groups in total. The third-order valence-electron chi connectivity index (χ3n) is 1.91. The number of hydrogen-bond donors (Lipinski definition) is 0. The molecule has 1 rings (SSSR count). The Balaban J connectivity index is 0.000000810. The third-order valence-corrected chi connectivity index (χ3v) is 2.91. The van der Waals surface area contributed by atoms with E-state index in [9.17, 15) is 0 Å². The zero-order valence-corrected chi connectivity index (χ0v) is 10.4. The first-order chi connectivity index (χ1) is 4.36. The van der Waals surface area contributed by atoms with Crippen LogP contribution in [0.1, 0.15) is 19.8 Å². The molecule has 10 heavy (non-hydrogen) atoms. The van der Waals surface area contributed by atoms with Gasteiger partial charge < -0.3 is 5.32 Å². The van der Waals surface area contributed by atoms with E-state index in [0.717, 1.165) is 11.8 Å². The van der Waals surface area contributed by atoms with Crippen LogP contribution in [0.25, 0.3) is 5.32 Å². The minimum absolute atomic E-state index is 0. The molecule has 1 aliphatic heterocycles. The Morgan fingerprint density at radius 3 is 2.60 bits per heavy atom. The molecule has 0 radical (unpaired) electrons. The van der Waals surface area contributed by atoms with Gasteiger partial charge in [0.1, 0.15) is 0 Å². The quantitative estimate of drug-likeness (QED) is 0.713. The van der Waals surface area contributed by atoms with Gasteiger partial charge in [-0.05, 0) is 11.5 Å². The van der Waals surface area contributed by atoms with Crippen LogP contribution in [-0.2, 0) is 32.7 Å². The fourth-order valence-corrected chi connectivity index (χ4v) is 1.84. The Bertz CT molecular complexity index is 79.7. The SMILES string of the molecule is CCC1CC(SC)C[N-]1.[Y+3]. The van der Waals surface area contributed by atoms with Gasteiger partial charge in [0.15, 0.2) is 0 Å². The van der Waals surface area contributed by atoms with Gasteiger partial charge in [0, 0.05) is 0 Å². The van der Waals surface area contributed by atoms with Gasteiger partial charge in [0.2, 0.25) is 0 Å². The molecule has 0 aliphatic carbocycles. The summed E-state index contributed by atoms with van der Waals surface area (Å²) in [6.45, 7) is 3.32. The van der Waals surface area contributed by atoms with Crippen molar-refractivity contribution in [2.24, 2.45) is 0 Å². The third kappa shape index (κ3) is 3.21. The zero-order valence-electron chi connectivity index (χ0n) is 6.71. The number of rotatable bonds is 2. The van der Waals surface area contributed by atoms with Crippen molar-refractivity contribution in [3.8, 4) is 0 Å². The van der Waals surface area contributed by atoms with Crippen molar-refractivity contribution in [3.05, 3.63) is 5.32 Å². The minimum atomic E-state index is 0. The van der Waals surface area contributed by atoms with E-state index in [2.05, 4.69) is 18.5 Å². The zero-order chi connectivity index (χ0) is 6.69. The van der Waals surface area contributed by atoms with Crippen LogP contribution in [0.5, 0.6) is 0 Å². The average Bonchev–Trinajstić information content (AvgIpc) is 2.34. The summed E-state index contributed by atoms with van der Waals surface area (Å²) in [5, 5.41) is 5.31. The van der Waals surface area contributed by atoms with Gasteiger partial charge in [-0.2, -0.15) is 11.8 Å². The van der Waals surface area contributed by atoms with Gasteiger partial charge in [0.05, 0.1) is 0 Å². The maximum Gasteiger partial charge on any atom is 3.00 e. The van der Waals surface area contributed by atoms with Crippen molar-refractivity contribution in [3.63, 3.8) is 0 Å². The Hall–Kier alpha value is 1.41. The minimum Gasteiger partial charge on any atom is -0.659 e. The van der Waals surface area contributed by atoms with Gasteiger partial charge in [-0.25, -0.2) is 0 Å². The van der Waals surface area contributed by atoms with Gasteiger partial charge in [0.25, 0.3) is 0 Å². The Morgan fingerprint density at radius 2 is 2.30 bits per heavy atom. The van der Waals surface area contributed by atoms with Crippen molar-refractivity contribution in [1.29, 1.82) is 0 Å². The van der Waals surface area contributed by atoms with Gasteiger partial charge in [-0.1, -0.05) is 19.8 Å². The largest absolute Gasteiger partial charge is 3.00 e. The van der Waals surface area contributed by atoms with Crippen molar-refractivity contribution < 1.29 is 32.7 Å². The van der Waals surface area contributed by atoms with E-state index in [1.807, 2.05) is 11.8 Å². The molecule has 0 aromatic carbocycles. The Morgan fingerprint density at radius 1 is 1.60 bits per heavy atom. The summed E-state index contributed by atoms with van der Waals surface area (Å²) in [5.74, 6) is 0. The Labute approximate surface area is 93.0 Å². The molecule has 1 fully saturated rings. The van der Waals surface area contributed by atoms with Crippen LogP contribution in [0.3, 0.4) is 0 Å². The second-order valence-electron chi connectivity index (χ2n) is 2.52. The molecule has 1 saturated heterocycles. The summed E-state index contributed by atoms with van der Waals surface area (Å²) in [6, 6.07) is 0.683. The average molecular weight is 233 g/mol.